The number of ketones is 1. The van der Waals surface area contributed by atoms with Crippen LogP contribution in [-0.4, -0.2) is 108 Å². The predicted molar refractivity (Wildman–Crippen MR) is 224 cm³/mol. The number of aromatic nitrogens is 3. The van der Waals surface area contributed by atoms with Crippen molar-refractivity contribution in [2.45, 2.75) is 56.1 Å². The van der Waals surface area contributed by atoms with Crippen LogP contribution in [0.1, 0.15) is 77.1 Å². The number of piperazine rings is 1. The third kappa shape index (κ3) is 8.85. The van der Waals surface area contributed by atoms with E-state index in [0.29, 0.717) is 91.8 Å². The van der Waals surface area contributed by atoms with Crippen LogP contribution in [0.15, 0.2) is 67.1 Å². The summed E-state index contributed by atoms with van der Waals surface area (Å²) in [6.07, 6.45) is 6.24. The summed E-state index contributed by atoms with van der Waals surface area (Å²) in [7, 11) is -4.00. The summed E-state index contributed by atoms with van der Waals surface area (Å²) in [5.41, 5.74) is 1.81. The molecule has 5 aromatic rings. The second kappa shape index (κ2) is 17.4. The molecule has 2 aromatic carbocycles. The number of carbonyl (C=O) groups is 4. The molecule has 3 aliphatic heterocycles. The van der Waals surface area contributed by atoms with Gasteiger partial charge in [0.2, 0.25) is 33.5 Å². The van der Waals surface area contributed by atoms with Crippen LogP contribution < -0.4 is 15.4 Å². The molecule has 3 aliphatic rings. The third-order valence-corrected chi connectivity index (χ3v) is 13.6. The lowest BCUT2D eigenvalue weighted by molar-refractivity contribution is -0.134. The number of benzene rings is 2. The zero-order valence-electron chi connectivity index (χ0n) is 33.9. The molecule has 3 fully saturated rings. The van der Waals surface area contributed by atoms with Gasteiger partial charge in [0.05, 0.1) is 23.3 Å². The van der Waals surface area contributed by atoms with Crippen LogP contribution in [0.4, 0.5) is 19.0 Å². The first kappa shape index (κ1) is 42.7. The van der Waals surface area contributed by atoms with Crippen molar-refractivity contribution in [1.29, 1.82) is 0 Å². The van der Waals surface area contributed by atoms with Crippen LogP contribution in [0.25, 0.3) is 22.2 Å². The van der Waals surface area contributed by atoms with Gasteiger partial charge in [-0.15, -0.1) is 0 Å². The van der Waals surface area contributed by atoms with E-state index in [1.54, 1.807) is 30.6 Å². The molecule has 0 radical (unpaired) electrons. The van der Waals surface area contributed by atoms with Gasteiger partial charge in [-0.3, -0.25) is 29.4 Å². The van der Waals surface area contributed by atoms with Gasteiger partial charge in [-0.05, 0) is 98.6 Å². The largest absolute Gasteiger partial charge is 0.353 e. The van der Waals surface area contributed by atoms with Crippen LogP contribution in [0, 0.1) is 17.5 Å². The highest BCUT2D eigenvalue weighted by atomic mass is 32.2. The minimum absolute atomic E-state index is 0.00296. The Morgan fingerprint density at radius 1 is 0.887 bits per heavy atom. The third-order valence-electron chi connectivity index (χ3n) is 12.3. The molecular weight excluding hydrogens is 826 g/mol. The lowest BCUT2D eigenvalue weighted by Crippen LogP contribution is -2.52. The first-order valence-electron chi connectivity index (χ1n) is 20.5. The molecule has 62 heavy (non-hydrogen) atoms. The Kier molecular flexibility index (Phi) is 12.0. The number of nitrogens with one attached hydrogen (secondary N) is 2. The summed E-state index contributed by atoms with van der Waals surface area (Å²) in [6.45, 7) is 5.07. The highest BCUT2D eigenvalue weighted by Crippen LogP contribution is 2.34. The highest BCUT2D eigenvalue weighted by Gasteiger charge is 2.31. The number of anilines is 1. The summed E-state index contributed by atoms with van der Waals surface area (Å²) in [6, 6.07) is 12.4. The molecule has 2 atom stereocenters. The number of nitrogens with zero attached hydrogens (tertiary/aromatic N) is 5. The summed E-state index contributed by atoms with van der Waals surface area (Å²) in [4.78, 5) is 68.7. The summed E-state index contributed by atoms with van der Waals surface area (Å²) in [5, 5.41) is 6.69. The molecule has 3 amide bonds. The molecule has 0 saturated carbocycles. The van der Waals surface area contributed by atoms with E-state index in [4.69, 9.17) is 5.14 Å². The minimum Gasteiger partial charge on any atom is -0.353 e. The molecule has 3 saturated heterocycles. The van der Waals surface area contributed by atoms with Crippen LogP contribution in [0.5, 0.6) is 0 Å². The van der Waals surface area contributed by atoms with Gasteiger partial charge < -0.3 is 14.8 Å². The molecular formula is C44H45F3N8O6S. The number of nitrogens with two attached hydrogens (primary N) is 1. The predicted octanol–water partition coefficient (Wildman–Crippen LogP) is 4.54. The zero-order valence-corrected chi connectivity index (χ0v) is 34.7. The monoisotopic (exact) mass is 870 g/mol. The topological polar surface area (TPSA) is 192 Å². The fourth-order valence-electron chi connectivity index (χ4n) is 8.60. The Balaban J connectivity index is 0.848. The standard InChI is InChI=1S/C44H45F3N8O6S/c1-25(62(48,60)61)18-28-3-7-35(45)40(41(28)47)42(58)34-23-51-43-33(34)19-30(22-50-43)29-4-8-37(49-21-29)54-14-16-55(17-15-54)39(57)24-53-12-10-26(11-13-53)31-5-2-27(20-36(31)46)32-6-9-38(56)52-44(32)59/h2-5,7-8,19-23,25-26,32H,6,9-18,24H2,1H3,(H,50,51)(H2,48,60,61)(H,52,56,59). The van der Waals surface area contributed by atoms with Gasteiger partial charge in [-0.1, -0.05) is 18.2 Å². The van der Waals surface area contributed by atoms with Crippen LogP contribution >= 0.6 is 0 Å². The van der Waals surface area contributed by atoms with E-state index in [9.17, 15) is 32.0 Å². The Morgan fingerprint density at radius 3 is 2.31 bits per heavy atom. The quantitative estimate of drug-likeness (QED) is 0.126. The average Bonchev–Trinajstić information content (AvgIpc) is 3.68. The number of hydrogen-bond donors (Lipinski definition) is 3. The first-order chi connectivity index (χ1) is 29.6. The Labute approximate surface area is 355 Å². The Hall–Kier alpha value is -5.98. The van der Waals surface area contributed by atoms with Crippen molar-refractivity contribution in [2.24, 2.45) is 5.14 Å². The van der Waals surface area contributed by atoms with E-state index in [1.165, 1.54) is 19.2 Å². The van der Waals surface area contributed by atoms with Crippen LogP contribution in [0.2, 0.25) is 0 Å². The van der Waals surface area contributed by atoms with Gasteiger partial charge in [-0.25, -0.2) is 36.7 Å². The number of H-pyrrole nitrogens is 1. The number of aromatic amines is 1. The van der Waals surface area contributed by atoms with Crippen molar-refractivity contribution in [3.05, 3.63) is 112 Å². The number of sulfonamides is 1. The van der Waals surface area contributed by atoms with Crippen molar-refractivity contribution < 1.29 is 40.8 Å². The number of amides is 3. The maximum Gasteiger partial charge on any atom is 0.236 e. The summed E-state index contributed by atoms with van der Waals surface area (Å²) < 4.78 is 69.3. The summed E-state index contributed by atoms with van der Waals surface area (Å²) in [5.74, 6) is -4.02. The molecule has 3 aromatic heterocycles. The lowest BCUT2D eigenvalue weighted by Gasteiger charge is -2.37. The smallest absolute Gasteiger partial charge is 0.236 e. The number of fused-ring (bicyclic) bond motifs is 1. The van der Waals surface area contributed by atoms with Crippen LogP contribution in [0.3, 0.4) is 0 Å². The van der Waals surface area contributed by atoms with Crippen molar-refractivity contribution in [3.63, 3.8) is 0 Å². The molecule has 0 aliphatic carbocycles. The van der Waals surface area contributed by atoms with E-state index in [1.807, 2.05) is 17.0 Å². The minimum atomic E-state index is -4.00. The van der Waals surface area contributed by atoms with E-state index in [2.05, 4.69) is 30.1 Å². The normalized spacial score (nSPS) is 18.6. The maximum absolute atomic E-state index is 15.6. The highest BCUT2D eigenvalue weighted by molar-refractivity contribution is 7.89. The Morgan fingerprint density at radius 2 is 1.63 bits per heavy atom. The SMILES string of the molecule is CC(Cc1ccc(F)c(C(=O)c2c[nH]c3ncc(-c4ccc(N5CCN(C(=O)CN6CCC(c7ccc(C8CCC(=O)NC8=O)cc7F)CC6)CC5)nc4)cc23)c1F)S(N)(=O)=O. The van der Waals surface area contributed by atoms with Crippen LogP contribution in [-0.2, 0) is 30.8 Å². The number of imide groups is 1. The Bertz CT molecular complexity index is 2680. The van der Waals surface area contributed by atoms with E-state index in [0.717, 1.165) is 18.0 Å². The van der Waals surface area contributed by atoms with E-state index < -0.39 is 50.1 Å². The molecule has 0 bridgehead atoms. The second-order valence-electron chi connectivity index (χ2n) is 16.3. The average molecular weight is 871 g/mol. The van der Waals surface area contributed by atoms with Gasteiger partial charge in [0.15, 0.2) is 0 Å². The van der Waals surface area contributed by atoms with Crippen molar-refractivity contribution in [1.82, 2.24) is 30.1 Å². The molecule has 2 unspecified atom stereocenters. The van der Waals surface area contributed by atoms with E-state index in [-0.39, 0.29) is 54.1 Å². The number of likely N-dealkylation sites (tertiary alicyclic amines) is 1. The van der Waals surface area contributed by atoms with Gasteiger partial charge in [0.25, 0.3) is 0 Å². The number of pyridine rings is 2. The van der Waals surface area contributed by atoms with Crippen molar-refractivity contribution in [2.75, 3.05) is 50.7 Å². The summed E-state index contributed by atoms with van der Waals surface area (Å²) >= 11 is 0. The number of hydrogen-bond acceptors (Lipinski definition) is 10. The molecule has 4 N–H and O–H groups in total. The molecule has 6 heterocycles. The molecule has 18 heteroatoms. The molecule has 324 valence electrons. The van der Waals surface area contributed by atoms with E-state index >= 15 is 8.78 Å². The van der Waals surface area contributed by atoms with Gasteiger partial charge in [0.1, 0.15) is 28.9 Å². The fourth-order valence-corrected chi connectivity index (χ4v) is 9.01. The number of carbonyl (C=O) groups excluding carboxylic acids is 4. The fraction of sp³-hybridized carbons (Fsp3) is 0.364. The first-order valence-corrected chi connectivity index (χ1v) is 22.1. The molecule has 0 spiro atoms. The van der Waals surface area contributed by atoms with Gasteiger partial charge >= 0.3 is 0 Å². The molecule has 14 nitrogen and oxygen atoms in total. The second-order valence-corrected chi connectivity index (χ2v) is 18.2. The lowest BCUT2D eigenvalue weighted by atomic mass is 9.85. The van der Waals surface area contributed by atoms with Gasteiger partial charge in [0, 0.05) is 73.3 Å². The number of rotatable bonds is 11. The van der Waals surface area contributed by atoms with Crippen molar-refractivity contribution in [3.8, 4) is 11.1 Å². The number of halogens is 3. The number of piperidine rings is 2. The number of primary sulfonamides is 1. The van der Waals surface area contributed by atoms with Crippen molar-refractivity contribution >= 4 is 50.4 Å². The van der Waals surface area contributed by atoms with Gasteiger partial charge in [-0.2, -0.15) is 0 Å². The molecule has 8 rings (SSSR count). The zero-order chi connectivity index (χ0) is 43.9. The maximum atomic E-state index is 15.6.